The Morgan fingerprint density at radius 3 is 2.62 bits per heavy atom. The third kappa shape index (κ3) is 4.55. The lowest BCUT2D eigenvalue weighted by Crippen LogP contribution is -2.36. The number of nitro benzene ring substituents is 1. The number of hydrogen-bond acceptors (Lipinski definition) is 6. The van der Waals surface area contributed by atoms with Crippen LogP contribution in [-0.2, 0) is 0 Å². The number of thiazole rings is 1. The van der Waals surface area contributed by atoms with E-state index in [1.54, 1.807) is 12.1 Å². The van der Waals surface area contributed by atoms with Gasteiger partial charge in [0.25, 0.3) is 11.6 Å². The lowest BCUT2D eigenvalue weighted by atomic mass is 10.1. The number of carbonyl (C=O) groups is 1. The SMILES string of the molecule is Cc1csc(Sc2ccc(C(=O)NC(C)C(C)C)cc2[N+](=O)[O-])n1. The van der Waals surface area contributed by atoms with Crippen molar-refractivity contribution in [2.24, 2.45) is 5.92 Å². The van der Waals surface area contributed by atoms with E-state index >= 15 is 0 Å². The van der Waals surface area contributed by atoms with E-state index in [2.05, 4.69) is 10.3 Å². The predicted molar refractivity (Wildman–Crippen MR) is 95.8 cm³/mol. The molecule has 0 aliphatic carbocycles. The number of nitrogens with zero attached hydrogens (tertiary/aromatic N) is 2. The zero-order valence-corrected chi connectivity index (χ0v) is 15.5. The number of carbonyl (C=O) groups excluding carboxylic acids is 1. The summed E-state index contributed by atoms with van der Waals surface area (Å²) in [5.41, 5.74) is 1.08. The normalized spacial score (nSPS) is 12.2. The van der Waals surface area contributed by atoms with Crippen LogP contribution in [0.2, 0.25) is 0 Å². The standard InChI is InChI=1S/C16H19N3O3S2/c1-9(2)11(4)18-15(20)12-5-6-14(13(7-12)19(21)22)24-16-17-10(3)8-23-16/h5-9,11H,1-4H3,(H,18,20). The van der Waals surface area contributed by atoms with E-state index in [1.165, 1.54) is 29.2 Å². The largest absolute Gasteiger partial charge is 0.349 e. The molecule has 128 valence electrons. The fourth-order valence-electron chi connectivity index (χ4n) is 1.82. The minimum absolute atomic E-state index is 0.0103. The molecule has 24 heavy (non-hydrogen) atoms. The zero-order valence-electron chi connectivity index (χ0n) is 13.9. The fourth-order valence-corrected chi connectivity index (χ4v) is 3.70. The second-order valence-corrected chi connectivity index (χ2v) is 7.95. The van der Waals surface area contributed by atoms with Crippen molar-refractivity contribution in [1.29, 1.82) is 0 Å². The summed E-state index contributed by atoms with van der Waals surface area (Å²) in [6, 6.07) is 4.53. The molecule has 0 aliphatic heterocycles. The molecule has 0 saturated carbocycles. The summed E-state index contributed by atoms with van der Waals surface area (Å²) in [4.78, 5) is 27.9. The van der Waals surface area contributed by atoms with Gasteiger partial charge >= 0.3 is 0 Å². The van der Waals surface area contributed by atoms with Crippen LogP contribution in [-0.4, -0.2) is 21.9 Å². The van der Waals surface area contributed by atoms with Crippen LogP contribution in [0.15, 0.2) is 32.8 Å². The highest BCUT2D eigenvalue weighted by Gasteiger charge is 2.20. The Morgan fingerprint density at radius 1 is 1.38 bits per heavy atom. The van der Waals surface area contributed by atoms with Gasteiger partial charge in [-0.15, -0.1) is 11.3 Å². The van der Waals surface area contributed by atoms with Gasteiger partial charge in [-0.1, -0.05) is 25.6 Å². The van der Waals surface area contributed by atoms with Gasteiger partial charge in [-0.05, 0) is 31.9 Å². The summed E-state index contributed by atoms with van der Waals surface area (Å²) in [5, 5.41) is 16.1. The van der Waals surface area contributed by atoms with Gasteiger partial charge in [0.1, 0.15) is 0 Å². The predicted octanol–water partition coefficient (Wildman–Crippen LogP) is 4.29. The Hall–Kier alpha value is -1.93. The van der Waals surface area contributed by atoms with Crippen LogP contribution in [0, 0.1) is 23.0 Å². The number of amides is 1. The molecule has 0 spiro atoms. The van der Waals surface area contributed by atoms with Gasteiger partial charge in [0.2, 0.25) is 0 Å². The molecule has 0 fully saturated rings. The number of rotatable bonds is 6. The number of hydrogen-bond donors (Lipinski definition) is 1. The average Bonchev–Trinajstić information content (AvgIpc) is 2.92. The van der Waals surface area contributed by atoms with Crippen molar-refractivity contribution in [3.8, 4) is 0 Å². The minimum atomic E-state index is -0.467. The van der Waals surface area contributed by atoms with E-state index in [-0.39, 0.29) is 29.1 Å². The molecule has 1 heterocycles. The first-order valence-electron chi connectivity index (χ1n) is 7.47. The molecule has 1 unspecified atom stereocenters. The molecule has 0 bridgehead atoms. The molecule has 2 aromatic rings. The monoisotopic (exact) mass is 365 g/mol. The van der Waals surface area contributed by atoms with Crippen molar-refractivity contribution >= 4 is 34.7 Å². The number of aromatic nitrogens is 1. The minimum Gasteiger partial charge on any atom is -0.349 e. The topological polar surface area (TPSA) is 85.1 Å². The van der Waals surface area contributed by atoms with Crippen LogP contribution in [0.5, 0.6) is 0 Å². The molecule has 6 nitrogen and oxygen atoms in total. The third-order valence-electron chi connectivity index (χ3n) is 3.57. The van der Waals surface area contributed by atoms with Crippen LogP contribution in [0.4, 0.5) is 5.69 Å². The fraction of sp³-hybridized carbons (Fsp3) is 0.375. The van der Waals surface area contributed by atoms with E-state index in [4.69, 9.17) is 0 Å². The van der Waals surface area contributed by atoms with Crippen LogP contribution in [0.3, 0.4) is 0 Å². The molecular weight excluding hydrogens is 346 g/mol. The zero-order chi connectivity index (χ0) is 17.9. The highest BCUT2D eigenvalue weighted by Crippen LogP contribution is 2.36. The van der Waals surface area contributed by atoms with Gasteiger partial charge in [0, 0.05) is 28.7 Å². The maximum atomic E-state index is 12.3. The van der Waals surface area contributed by atoms with Crippen molar-refractivity contribution in [3.63, 3.8) is 0 Å². The molecule has 1 N–H and O–H groups in total. The summed E-state index contributed by atoms with van der Waals surface area (Å²) < 4.78 is 0.737. The highest BCUT2D eigenvalue weighted by molar-refractivity contribution is 8.01. The molecule has 1 amide bonds. The third-order valence-corrected chi connectivity index (χ3v) is 5.69. The Balaban J connectivity index is 2.26. The number of benzene rings is 1. The van der Waals surface area contributed by atoms with Gasteiger partial charge in [0.05, 0.1) is 9.82 Å². The number of aryl methyl sites for hydroxylation is 1. The van der Waals surface area contributed by atoms with E-state index < -0.39 is 4.92 Å². The summed E-state index contributed by atoms with van der Waals surface area (Å²) in [6.45, 7) is 7.79. The van der Waals surface area contributed by atoms with Crippen molar-refractivity contribution in [2.75, 3.05) is 0 Å². The van der Waals surface area contributed by atoms with Crippen LogP contribution in [0.25, 0.3) is 0 Å². The summed E-state index contributed by atoms with van der Waals surface area (Å²) in [7, 11) is 0. The van der Waals surface area contributed by atoms with Crippen molar-refractivity contribution < 1.29 is 9.72 Å². The van der Waals surface area contributed by atoms with Crippen molar-refractivity contribution in [3.05, 3.63) is 45.0 Å². The first-order chi connectivity index (χ1) is 11.3. The molecule has 0 aliphatic rings. The second-order valence-electron chi connectivity index (χ2n) is 5.80. The van der Waals surface area contributed by atoms with Gasteiger partial charge < -0.3 is 5.32 Å². The molecule has 1 aromatic carbocycles. The summed E-state index contributed by atoms with van der Waals surface area (Å²) in [5.74, 6) is -0.0205. The van der Waals surface area contributed by atoms with E-state index in [0.717, 1.165) is 10.0 Å². The Kier molecular flexibility index (Phi) is 5.95. The van der Waals surface area contributed by atoms with Gasteiger partial charge in [-0.3, -0.25) is 14.9 Å². The van der Waals surface area contributed by atoms with Gasteiger partial charge in [-0.2, -0.15) is 0 Å². The average molecular weight is 365 g/mol. The number of nitrogens with one attached hydrogen (secondary N) is 1. The van der Waals surface area contributed by atoms with Crippen molar-refractivity contribution in [1.82, 2.24) is 10.3 Å². The van der Waals surface area contributed by atoms with Crippen LogP contribution < -0.4 is 5.32 Å². The van der Waals surface area contributed by atoms with Crippen LogP contribution >= 0.6 is 23.1 Å². The van der Waals surface area contributed by atoms with E-state index in [1.807, 2.05) is 33.1 Å². The van der Waals surface area contributed by atoms with Crippen LogP contribution in [0.1, 0.15) is 36.8 Å². The van der Waals surface area contributed by atoms with E-state index in [0.29, 0.717) is 4.90 Å². The van der Waals surface area contributed by atoms with Gasteiger partial charge in [-0.25, -0.2) is 4.98 Å². The Labute approximate surface area is 148 Å². The molecule has 2 rings (SSSR count). The Morgan fingerprint density at radius 2 is 2.08 bits per heavy atom. The molecule has 0 radical (unpaired) electrons. The lowest BCUT2D eigenvalue weighted by Gasteiger charge is -2.17. The lowest BCUT2D eigenvalue weighted by molar-refractivity contribution is -0.387. The van der Waals surface area contributed by atoms with Crippen molar-refractivity contribution in [2.45, 2.75) is 43.0 Å². The molecule has 0 saturated heterocycles. The maximum absolute atomic E-state index is 12.3. The second kappa shape index (κ2) is 7.76. The summed E-state index contributed by atoms with van der Waals surface area (Å²) >= 11 is 2.67. The number of nitro groups is 1. The molecule has 8 heteroatoms. The molecule has 1 aromatic heterocycles. The van der Waals surface area contributed by atoms with E-state index in [9.17, 15) is 14.9 Å². The highest BCUT2D eigenvalue weighted by atomic mass is 32.2. The quantitative estimate of drug-likeness (QED) is 0.610. The molecular formula is C16H19N3O3S2. The first-order valence-corrected chi connectivity index (χ1v) is 9.17. The Bertz CT molecular complexity index is 759. The smallest absolute Gasteiger partial charge is 0.284 e. The van der Waals surface area contributed by atoms with Gasteiger partial charge in [0.15, 0.2) is 4.34 Å². The molecule has 1 atom stereocenters. The summed E-state index contributed by atoms with van der Waals surface area (Å²) in [6.07, 6.45) is 0. The maximum Gasteiger partial charge on any atom is 0.284 e. The first kappa shape index (κ1) is 18.4.